The number of carbonyl (C=O) groups is 2. The predicted molar refractivity (Wildman–Crippen MR) is 94.9 cm³/mol. The van der Waals surface area contributed by atoms with Crippen molar-refractivity contribution in [1.82, 2.24) is 5.32 Å². The molecule has 4 saturated carbocycles. The van der Waals surface area contributed by atoms with Gasteiger partial charge >= 0.3 is 5.97 Å². The molecule has 4 aliphatic rings. The number of nitrogens with one attached hydrogen (secondary N) is 1. The van der Waals surface area contributed by atoms with Crippen LogP contribution in [0.25, 0.3) is 0 Å². The van der Waals surface area contributed by atoms with Gasteiger partial charge in [-0.25, -0.2) is 13.6 Å². The Balaban J connectivity index is 1.34. The van der Waals surface area contributed by atoms with Crippen molar-refractivity contribution in [3.05, 3.63) is 35.4 Å². The maximum Gasteiger partial charge on any atom is 0.344 e. The zero-order valence-corrected chi connectivity index (χ0v) is 15.5. The number of hydrogen-bond donors (Lipinski definition) is 1. The van der Waals surface area contributed by atoms with E-state index in [1.54, 1.807) is 0 Å². The first-order valence-electron chi connectivity index (χ1n) is 9.77. The van der Waals surface area contributed by atoms with Crippen molar-refractivity contribution in [3.8, 4) is 0 Å². The quantitative estimate of drug-likeness (QED) is 0.793. The minimum absolute atomic E-state index is 0.00213. The SMILES string of the molecule is C[C@@H](NC(=O)COC(=O)c1c(F)cccc1F)C12CC3CC(CC(C3)C1)C2. The van der Waals surface area contributed by atoms with Crippen LogP contribution in [0.15, 0.2) is 18.2 Å². The van der Waals surface area contributed by atoms with E-state index in [-0.39, 0.29) is 11.5 Å². The van der Waals surface area contributed by atoms with Gasteiger partial charge in [-0.05, 0) is 80.8 Å². The average Bonchev–Trinajstić information content (AvgIpc) is 2.58. The molecular formula is C21H25F2NO3. The summed E-state index contributed by atoms with van der Waals surface area (Å²) < 4.78 is 32.1. The summed E-state index contributed by atoms with van der Waals surface area (Å²) in [5.74, 6) is -1.26. The van der Waals surface area contributed by atoms with Crippen molar-refractivity contribution in [2.24, 2.45) is 23.2 Å². The molecule has 5 rings (SSSR count). The highest BCUT2D eigenvalue weighted by Crippen LogP contribution is 2.61. The molecule has 1 aromatic rings. The Hall–Kier alpha value is -1.98. The second-order valence-electron chi connectivity index (χ2n) is 8.74. The van der Waals surface area contributed by atoms with Crippen LogP contribution in [0.1, 0.15) is 55.8 Å². The number of amides is 1. The second-order valence-corrected chi connectivity index (χ2v) is 8.74. The minimum Gasteiger partial charge on any atom is -0.452 e. The summed E-state index contributed by atoms with van der Waals surface area (Å²) >= 11 is 0. The lowest BCUT2D eigenvalue weighted by atomic mass is 9.48. The lowest BCUT2D eigenvalue weighted by Gasteiger charge is -2.59. The summed E-state index contributed by atoms with van der Waals surface area (Å²) in [4.78, 5) is 24.2. The van der Waals surface area contributed by atoms with Crippen LogP contribution in [0.4, 0.5) is 8.78 Å². The molecule has 0 spiro atoms. The summed E-state index contributed by atoms with van der Waals surface area (Å²) in [6.07, 6.45) is 7.44. The Labute approximate surface area is 157 Å². The van der Waals surface area contributed by atoms with Crippen molar-refractivity contribution >= 4 is 11.9 Å². The van der Waals surface area contributed by atoms with Crippen LogP contribution < -0.4 is 5.32 Å². The molecule has 0 aromatic heterocycles. The molecule has 0 unspecified atom stereocenters. The molecule has 0 radical (unpaired) electrons. The smallest absolute Gasteiger partial charge is 0.344 e. The van der Waals surface area contributed by atoms with Gasteiger partial charge in [0.05, 0.1) is 0 Å². The van der Waals surface area contributed by atoms with Crippen LogP contribution in [-0.2, 0) is 9.53 Å². The Morgan fingerprint density at radius 2 is 1.63 bits per heavy atom. The van der Waals surface area contributed by atoms with E-state index < -0.39 is 35.7 Å². The molecule has 1 amide bonds. The molecular weight excluding hydrogens is 352 g/mol. The van der Waals surface area contributed by atoms with Gasteiger partial charge in [0.1, 0.15) is 17.2 Å². The van der Waals surface area contributed by atoms with Gasteiger partial charge in [0.15, 0.2) is 6.61 Å². The number of ether oxygens (including phenoxy) is 1. The zero-order chi connectivity index (χ0) is 19.2. The van der Waals surface area contributed by atoms with E-state index in [0.29, 0.717) is 0 Å². The fraction of sp³-hybridized carbons (Fsp3) is 0.619. The summed E-state index contributed by atoms with van der Waals surface area (Å²) in [6.45, 7) is 1.49. The first kappa shape index (κ1) is 18.4. The molecule has 1 aromatic carbocycles. The van der Waals surface area contributed by atoms with Crippen molar-refractivity contribution in [2.45, 2.75) is 51.5 Å². The summed E-state index contributed by atoms with van der Waals surface area (Å²) in [7, 11) is 0. The van der Waals surface area contributed by atoms with Crippen molar-refractivity contribution in [2.75, 3.05) is 6.61 Å². The largest absolute Gasteiger partial charge is 0.452 e. The van der Waals surface area contributed by atoms with Crippen LogP contribution in [-0.4, -0.2) is 24.5 Å². The molecule has 0 heterocycles. The van der Waals surface area contributed by atoms with Gasteiger partial charge < -0.3 is 10.1 Å². The number of esters is 1. The van der Waals surface area contributed by atoms with Crippen molar-refractivity contribution in [1.29, 1.82) is 0 Å². The molecule has 27 heavy (non-hydrogen) atoms. The Bertz CT molecular complexity index is 708. The molecule has 1 N–H and O–H groups in total. The van der Waals surface area contributed by atoms with E-state index in [1.165, 1.54) is 25.3 Å². The standard InChI is InChI=1S/C21H25F2NO3/c1-12(21-8-13-5-14(9-21)7-15(6-13)10-21)24-18(25)11-27-20(26)19-16(22)3-2-4-17(19)23/h2-4,12-15H,5-11H2,1H3,(H,24,25)/t12-,13?,14?,15?,21?/m1/s1. The van der Waals surface area contributed by atoms with Gasteiger partial charge in [-0.1, -0.05) is 6.07 Å². The van der Waals surface area contributed by atoms with Gasteiger partial charge in [-0.3, -0.25) is 4.79 Å². The Morgan fingerprint density at radius 1 is 1.11 bits per heavy atom. The van der Waals surface area contributed by atoms with Gasteiger partial charge in [-0.2, -0.15) is 0 Å². The number of benzene rings is 1. The van der Waals surface area contributed by atoms with Crippen molar-refractivity contribution in [3.63, 3.8) is 0 Å². The zero-order valence-electron chi connectivity index (χ0n) is 15.5. The lowest BCUT2D eigenvalue weighted by Crippen LogP contribution is -2.56. The van der Waals surface area contributed by atoms with Crippen molar-refractivity contribution < 1.29 is 23.1 Å². The fourth-order valence-corrected chi connectivity index (χ4v) is 6.04. The highest BCUT2D eigenvalue weighted by molar-refractivity contribution is 5.91. The molecule has 6 heteroatoms. The van der Waals surface area contributed by atoms with Crippen LogP contribution in [0.5, 0.6) is 0 Å². The molecule has 0 saturated heterocycles. The molecule has 4 bridgehead atoms. The van der Waals surface area contributed by atoms with Gasteiger partial charge in [-0.15, -0.1) is 0 Å². The van der Waals surface area contributed by atoms with E-state index in [1.807, 2.05) is 6.92 Å². The monoisotopic (exact) mass is 377 g/mol. The van der Waals surface area contributed by atoms with Crippen LogP contribution in [0.3, 0.4) is 0 Å². The summed E-state index contributed by atoms with van der Waals surface area (Å²) in [5, 5.41) is 2.97. The maximum atomic E-state index is 13.6. The van der Waals surface area contributed by atoms with E-state index in [9.17, 15) is 18.4 Å². The Morgan fingerprint density at radius 3 is 2.15 bits per heavy atom. The number of carbonyl (C=O) groups excluding carboxylic acids is 2. The van der Waals surface area contributed by atoms with Crippen LogP contribution in [0.2, 0.25) is 0 Å². The topological polar surface area (TPSA) is 55.4 Å². The molecule has 4 aliphatic carbocycles. The average molecular weight is 377 g/mol. The molecule has 4 nitrogen and oxygen atoms in total. The molecule has 0 aliphatic heterocycles. The van der Waals surface area contributed by atoms with Crippen LogP contribution >= 0.6 is 0 Å². The third kappa shape index (κ3) is 3.46. The molecule has 146 valence electrons. The van der Waals surface area contributed by atoms with E-state index >= 15 is 0 Å². The Kier molecular flexibility index (Phi) is 4.68. The molecule has 4 fully saturated rings. The minimum atomic E-state index is -1.16. The molecule has 1 atom stereocenters. The third-order valence-corrected chi connectivity index (χ3v) is 6.88. The second kappa shape index (κ2) is 6.88. The first-order valence-corrected chi connectivity index (χ1v) is 9.77. The van der Waals surface area contributed by atoms with Crippen LogP contribution in [0, 0.1) is 34.8 Å². The van der Waals surface area contributed by atoms with Gasteiger partial charge in [0.25, 0.3) is 5.91 Å². The number of rotatable bonds is 5. The highest BCUT2D eigenvalue weighted by Gasteiger charge is 2.53. The van der Waals surface area contributed by atoms with Gasteiger partial charge in [0.2, 0.25) is 0 Å². The van der Waals surface area contributed by atoms with E-state index in [2.05, 4.69) is 5.32 Å². The normalized spacial score (nSPS) is 32.2. The lowest BCUT2D eigenvalue weighted by molar-refractivity contribution is -0.128. The first-order chi connectivity index (χ1) is 12.9. The number of hydrogen-bond acceptors (Lipinski definition) is 3. The fourth-order valence-electron chi connectivity index (χ4n) is 6.04. The van der Waals surface area contributed by atoms with E-state index in [4.69, 9.17) is 4.74 Å². The number of halogens is 2. The summed E-state index contributed by atoms with van der Waals surface area (Å²) in [6, 6.07) is 3.13. The highest BCUT2D eigenvalue weighted by atomic mass is 19.1. The maximum absolute atomic E-state index is 13.6. The van der Waals surface area contributed by atoms with E-state index in [0.717, 1.165) is 49.1 Å². The summed E-state index contributed by atoms with van der Waals surface area (Å²) in [5.41, 5.74) is -0.620. The third-order valence-electron chi connectivity index (χ3n) is 6.88. The predicted octanol–water partition coefficient (Wildman–Crippen LogP) is 3.84. The van der Waals surface area contributed by atoms with Gasteiger partial charge in [0, 0.05) is 6.04 Å².